The first-order chi connectivity index (χ1) is 6.85. The minimum absolute atomic E-state index is 0.484. The molecule has 0 aromatic rings. The standard InChI is InChI=1S/C9H16O5/c10-12-8-4-7-11-9(14-13-8)5-2-1-3-6-9/h8,10H,1-7H2. The maximum absolute atomic E-state index is 8.44. The molecule has 0 bridgehead atoms. The second-order valence-electron chi connectivity index (χ2n) is 3.82. The van der Waals surface area contributed by atoms with E-state index in [4.69, 9.17) is 19.8 Å². The third-order valence-electron chi connectivity index (χ3n) is 2.76. The van der Waals surface area contributed by atoms with E-state index in [0.717, 1.165) is 25.7 Å². The molecule has 1 saturated heterocycles. The molecular weight excluding hydrogens is 188 g/mol. The first-order valence-corrected chi connectivity index (χ1v) is 5.13. The van der Waals surface area contributed by atoms with Crippen LogP contribution in [0.3, 0.4) is 0 Å². The summed E-state index contributed by atoms with van der Waals surface area (Å²) in [6.45, 7) is 0.491. The highest BCUT2D eigenvalue weighted by atomic mass is 17.3. The third-order valence-corrected chi connectivity index (χ3v) is 2.76. The van der Waals surface area contributed by atoms with E-state index in [1.54, 1.807) is 0 Å². The van der Waals surface area contributed by atoms with Crippen LogP contribution in [0.4, 0.5) is 0 Å². The van der Waals surface area contributed by atoms with Gasteiger partial charge in [0.15, 0.2) is 0 Å². The second-order valence-corrected chi connectivity index (χ2v) is 3.82. The van der Waals surface area contributed by atoms with Gasteiger partial charge in [0.05, 0.1) is 6.61 Å². The molecule has 5 nitrogen and oxygen atoms in total. The summed E-state index contributed by atoms with van der Waals surface area (Å²) in [5.41, 5.74) is 0. The summed E-state index contributed by atoms with van der Waals surface area (Å²) in [5.74, 6) is -0.592. The van der Waals surface area contributed by atoms with E-state index in [2.05, 4.69) is 4.89 Å². The van der Waals surface area contributed by atoms with Crippen LogP contribution in [0.5, 0.6) is 0 Å². The second kappa shape index (κ2) is 4.55. The Kier molecular flexibility index (Phi) is 3.35. The zero-order valence-electron chi connectivity index (χ0n) is 8.11. The molecule has 2 rings (SSSR count). The Morgan fingerprint density at radius 3 is 2.71 bits per heavy atom. The molecule has 1 atom stereocenters. The molecular formula is C9H16O5. The van der Waals surface area contributed by atoms with Crippen LogP contribution < -0.4 is 0 Å². The molecule has 1 unspecified atom stereocenters. The van der Waals surface area contributed by atoms with Crippen molar-refractivity contribution in [3.05, 3.63) is 0 Å². The van der Waals surface area contributed by atoms with Crippen molar-refractivity contribution in [1.82, 2.24) is 0 Å². The zero-order chi connectivity index (χ0) is 9.86. The van der Waals surface area contributed by atoms with Crippen molar-refractivity contribution >= 4 is 0 Å². The Balaban J connectivity index is 1.92. The van der Waals surface area contributed by atoms with Crippen LogP contribution in [0.1, 0.15) is 38.5 Å². The lowest BCUT2D eigenvalue weighted by molar-refractivity contribution is -0.494. The van der Waals surface area contributed by atoms with Gasteiger partial charge in [-0.1, -0.05) is 6.42 Å². The summed E-state index contributed by atoms with van der Waals surface area (Å²) < 4.78 is 5.63. The smallest absolute Gasteiger partial charge is 0.226 e. The lowest BCUT2D eigenvalue weighted by Gasteiger charge is -2.33. The molecule has 1 aliphatic carbocycles. The molecule has 0 aromatic heterocycles. The van der Waals surface area contributed by atoms with E-state index in [1.807, 2.05) is 0 Å². The van der Waals surface area contributed by atoms with Crippen LogP contribution in [0.2, 0.25) is 0 Å². The molecule has 1 heterocycles. The normalized spacial score (nSPS) is 32.8. The predicted octanol–water partition coefficient (Wildman–Crippen LogP) is 1.83. The van der Waals surface area contributed by atoms with Gasteiger partial charge in [-0.05, 0) is 12.8 Å². The van der Waals surface area contributed by atoms with E-state index in [1.165, 1.54) is 6.42 Å². The van der Waals surface area contributed by atoms with Crippen molar-refractivity contribution in [1.29, 1.82) is 0 Å². The average molecular weight is 204 g/mol. The molecule has 2 fully saturated rings. The molecule has 0 radical (unpaired) electrons. The predicted molar refractivity (Wildman–Crippen MR) is 46.1 cm³/mol. The topological polar surface area (TPSA) is 57.2 Å². The Morgan fingerprint density at radius 1 is 1.21 bits per heavy atom. The molecule has 82 valence electrons. The molecule has 1 N–H and O–H groups in total. The van der Waals surface area contributed by atoms with Crippen molar-refractivity contribution in [2.75, 3.05) is 6.61 Å². The zero-order valence-corrected chi connectivity index (χ0v) is 8.11. The van der Waals surface area contributed by atoms with Crippen LogP contribution in [0.25, 0.3) is 0 Å². The minimum atomic E-state index is -0.726. The number of ether oxygens (including phenoxy) is 1. The molecule has 1 saturated carbocycles. The van der Waals surface area contributed by atoms with E-state index in [0.29, 0.717) is 13.0 Å². The van der Waals surface area contributed by atoms with Crippen LogP contribution in [-0.2, 0) is 19.4 Å². The van der Waals surface area contributed by atoms with Crippen molar-refractivity contribution in [2.24, 2.45) is 0 Å². The Labute approximate surface area is 82.8 Å². The summed E-state index contributed by atoms with van der Waals surface area (Å²) in [7, 11) is 0. The minimum Gasteiger partial charge on any atom is -0.347 e. The Hall–Kier alpha value is -0.200. The van der Waals surface area contributed by atoms with Crippen LogP contribution in [-0.4, -0.2) is 23.9 Å². The summed E-state index contributed by atoms with van der Waals surface area (Å²) in [6.07, 6.45) is 4.86. The average Bonchev–Trinajstić information content (AvgIpc) is 2.42. The van der Waals surface area contributed by atoms with E-state index in [9.17, 15) is 0 Å². The maximum atomic E-state index is 8.44. The quantitative estimate of drug-likeness (QED) is 0.521. The highest BCUT2D eigenvalue weighted by Gasteiger charge is 2.38. The van der Waals surface area contributed by atoms with Gasteiger partial charge in [-0.15, -0.1) is 0 Å². The van der Waals surface area contributed by atoms with Gasteiger partial charge >= 0.3 is 0 Å². The van der Waals surface area contributed by atoms with Gasteiger partial charge < -0.3 is 4.74 Å². The molecule has 14 heavy (non-hydrogen) atoms. The highest BCUT2D eigenvalue weighted by Crippen LogP contribution is 2.35. The SMILES string of the molecule is OOC1CCOC2(CCCCC2)OO1. The van der Waals surface area contributed by atoms with Crippen LogP contribution in [0, 0.1) is 0 Å². The van der Waals surface area contributed by atoms with Crippen molar-refractivity contribution in [3.8, 4) is 0 Å². The number of hydrogen-bond donors (Lipinski definition) is 1. The van der Waals surface area contributed by atoms with Crippen molar-refractivity contribution in [3.63, 3.8) is 0 Å². The summed E-state index contributed by atoms with van der Waals surface area (Å²) >= 11 is 0. The summed E-state index contributed by atoms with van der Waals surface area (Å²) in [6, 6.07) is 0. The first kappa shape index (κ1) is 10.3. The molecule has 2 aliphatic rings. The maximum Gasteiger partial charge on any atom is 0.226 e. The van der Waals surface area contributed by atoms with E-state index in [-0.39, 0.29) is 0 Å². The largest absolute Gasteiger partial charge is 0.347 e. The van der Waals surface area contributed by atoms with Crippen molar-refractivity contribution < 1.29 is 24.7 Å². The number of hydrogen-bond acceptors (Lipinski definition) is 5. The molecule has 5 heteroatoms. The van der Waals surface area contributed by atoms with Gasteiger partial charge in [0.25, 0.3) is 0 Å². The molecule has 0 amide bonds. The molecule has 1 aliphatic heterocycles. The number of rotatable bonds is 1. The van der Waals surface area contributed by atoms with Gasteiger partial charge in [-0.3, -0.25) is 0 Å². The molecule has 0 aromatic carbocycles. The van der Waals surface area contributed by atoms with E-state index < -0.39 is 12.1 Å². The summed E-state index contributed by atoms with van der Waals surface area (Å²) in [5, 5.41) is 8.44. The summed E-state index contributed by atoms with van der Waals surface area (Å²) in [4.78, 5) is 14.3. The lowest BCUT2D eigenvalue weighted by Crippen LogP contribution is -2.37. The monoisotopic (exact) mass is 204 g/mol. The highest BCUT2D eigenvalue weighted by molar-refractivity contribution is 4.75. The Bertz CT molecular complexity index is 178. The van der Waals surface area contributed by atoms with Gasteiger partial charge in [-0.25, -0.2) is 10.1 Å². The first-order valence-electron chi connectivity index (χ1n) is 5.13. The van der Waals surface area contributed by atoms with Crippen molar-refractivity contribution in [2.45, 2.75) is 50.6 Å². The van der Waals surface area contributed by atoms with Gasteiger partial charge in [-0.2, -0.15) is 9.78 Å². The van der Waals surface area contributed by atoms with Crippen LogP contribution in [0.15, 0.2) is 0 Å². The van der Waals surface area contributed by atoms with Gasteiger partial charge in [0, 0.05) is 19.3 Å². The van der Waals surface area contributed by atoms with Gasteiger partial charge in [0.1, 0.15) is 0 Å². The molecule has 1 spiro atoms. The Morgan fingerprint density at radius 2 is 2.00 bits per heavy atom. The van der Waals surface area contributed by atoms with Crippen LogP contribution >= 0.6 is 0 Å². The fourth-order valence-electron chi connectivity index (χ4n) is 1.94. The lowest BCUT2D eigenvalue weighted by atomic mass is 9.94. The van der Waals surface area contributed by atoms with Gasteiger partial charge in [0.2, 0.25) is 12.1 Å². The fourth-order valence-corrected chi connectivity index (χ4v) is 1.94. The third kappa shape index (κ3) is 2.24. The van der Waals surface area contributed by atoms with E-state index >= 15 is 0 Å². The fraction of sp³-hybridized carbons (Fsp3) is 1.00.